The van der Waals surface area contributed by atoms with E-state index in [1.165, 1.54) is 6.07 Å². The molecule has 0 saturated heterocycles. The highest BCUT2D eigenvalue weighted by atomic mass is 19.1. The van der Waals surface area contributed by atoms with Crippen LogP contribution in [-0.2, 0) is 6.42 Å². The van der Waals surface area contributed by atoms with Gasteiger partial charge in [-0.25, -0.2) is 4.39 Å². The SMILES string of the molecule is N#CCCc1cccc(C(N)=O)c1F. The van der Waals surface area contributed by atoms with Gasteiger partial charge in [-0.05, 0) is 18.1 Å². The number of aryl methyl sites for hydroxylation is 1. The first-order valence-electron chi connectivity index (χ1n) is 4.11. The molecule has 0 spiro atoms. The summed E-state index contributed by atoms with van der Waals surface area (Å²) in [5.74, 6) is -1.41. The van der Waals surface area contributed by atoms with Crippen LogP contribution in [0.5, 0.6) is 0 Å². The van der Waals surface area contributed by atoms with Gasteiger partial charge >= 0.3 is 0 Å². The number of amides is 1. The van der Waals surface area contributed by atoms with Crippen LogP contribution in [0.2, 0.25) is 0 Å². The molecule has 0 aliphatic heterocycles. The van der Waals surface area contributed by atoms with Crippen LogP contribution in [0.4, 0.5) is 4.39 Å². The van der Waals surface area contributed by atoms with E-state index in [-0.39, 0.29) is 12.0 Å². The van der Waals surface area contributed by atoms with Crippen molar-refractivity contribution in [2.45, 2.75) is 12.8 Å². The van der Waals surface area contributed by atoms with Crippen molar-refractivity contribution >= 4 is 5.91 Å². The van der Waals surface area contributed by atoms with Gasteiger partial charge in [-0.3, -0.25) is 4.79 Å². The number of nitrogens with two attached hydrogens (primary N) is 1. The van der Waals surface area contributed by atoms with E-state index in [9.17, 15) is 9.18 Å². The Morgan fingerprint density at radius 1 is 1.57 bits per heavy atom. The number of nitriles is 1. The Balaban J connectivity index is 3.02. The third-order valence-electron chi connectivity index (χ3n) is 1.85. The lowest BCUT2D eigenvalue weighted by Gasteiger charge is -2.03. The summed E-state index contributed by atoms with van der Waals surface area (Å²) in [6, 6.07) is 6.33. The summed E-state index contributed by atoms with van der Waals surface area (Å²) in [6.07, 6.45) is 0.516. The molecule has 14 heavy (non-hydrogen) atoms. The molecule has 3 nitrogen and oxygen atoms in total. The zero-order valence-corrected chi connectivity index (χ0v) is 7.46. The summed E-state index contributed by atoms with van der Waals surface area (Å²) in [5.41, 5.74) is 5.19. The summed E-state index contributed by atoms with van der Waals surface area (Å²) >= 11 is 0. The van der Waals surface area contributed by atoms with Crippen molar-refractivity contribution in [3.8, 4) is 6.07 Å². The third-order valence-corrected chi connectivity index (χ3v) is 1.85. The lowest BCUT2D eigenvalue weighted by molar-refractivity contribution is 0.0996. The minimum atomic E-state index is -0.790. The normalized spacial score (nSPS) is 9.43. The fraction of sp³-hybridized carbons (Fsp3) is 0.200. The van der Waals surface area contributed by atoms with E-state index in [1.54, 1.807) is 12.1 Å². The summed E-state index contributed by atoms with van der Waals surface area (Å²) in [4.78, 5) is 10.8. The fourth-order valence-electron chi connectivity index (χ4n) is 1.15. The average molecular weight is 192 g/mol. The first-order chi connectivity index (χ1) is 6.66. The molecule has 0 aliphatic rings. The summed E-state index contributed by atoms with van der Waals surface area (Å²) in [6.45, 7) is 0. The van der Waals surface area contributed by atoms with E-state index < -0.39 is 11.7 Å². The van der Waals surface area contributed by atoms with Crippen LogP contribution in [0, 0.1) is 17.1 Å². The van der Waals surface area contributed by atoms with Crippen LogP contribution < -0.4 is 5.73 Å². The molecule has 1 amide bonds. The first-order valence-corrected chi connectivity index (χ1v) is 4.11. The molecule has 1 rings (SSSR count). The van der Waals surface area contributed by atoms with Gasteiger partial charge in [0.15, 0.2) is 0 Å². The van der Waals surface area contributed by atoms with Crippen LogP contribution >= 0.6 is 0 Å². The predicted molar refractivity (Wildman–Crippen MR) is 48.9 cm³/mol. The second-order valence-corrected chi connectivity index (χ2v) is 2.80. The predicted octanol–water partition coefficient (Wildman–Crippen LogP) is 1.38. The Morgan fingerprint density at radius 3 is 2.86 bits per heavy atom. The maximum atomic E-state index is 13.4. The van der Waals surface area contributed by atoms with E-state index in [0.29, 0.717) is 12.0 Å². The van der Waals surface area contributed by atoms with Gasteiger partial charge in [-0.2, -0.15) is 5.26 Å². The van der Waals surface area contributed by atoms with Crippen LogP contribution in [0.25, 0.3) is 0 Å². The van der Waals surface area contributed by atoms with Crippen molar-refractivity contribution in [1.82, 2.24) is 0 Å². The van der Waals surface area contributed by atoms with Crippen molar-refractivity contribution in [2.24, 2.45) is 5.73 Å². The lowest BCUT2D eigenvalue weighted by atomic mass is 10.1. The molecule has 0 fully saturated rings. The molecule has 0 bridgehead atoms. The Labute approximate surface area is 81.0 Å². The molecule has 2 N–H and O–H groups in total. The standard InChI is InChI=1S/C10H9FN2O/c11-9-7(4-2-6-12)3-1-5-8(9)10(13)14/h1,3,5H,2,4H2,(H2,13,14). The summed E-state index contributed by atoms with van der Waals surface area (Å²) < 4.78 is 13.4. The Hall–Kier alpha value is -1.89. The molecule has 0 unspecified atom stereocenters. The van der Waals surface area contributed by atoms with Gasteiger partial charge in [0.05, 0.1) is 11.6 Å². The maximum Gasteiger partial charge on any atom is 0.251 e. The van der Waals surface area contributed by atoms with Crippen molar-refractivity contribution in [3.05, 3.63) is 35.1 Å². The van der Waals surface area contributed by atoms with E-state index in [2.05, 4.69) is 0 Å². The summed E-state index contributed by atoms with van der Waals surface area (Å²) in [5, 5.41) is 8.33. The third kappa shape index (κ3) is 2.07. The number of hydrogen-bond acceptors (Lipinski definition) is 2. The van der Waals surface area contributed by atoms with Gasteiger partial charge < -0.3 is 5.73 Å². The zero-order valence-electron chi connectivity index (χ0n) is 7.46. The Morgan fingerprint density at radius 2 is 2.29 bits per heavy atom. The first kappa shape index (κ1) is 10.2. The molecule has 0 aliphatic carbocycles. The zero-order chi connectivity index (χ0) is 10.6. The van der Waals surface area contributed by atoms with Crippen LogP contribution in [0.1, 0.15) is 22.3 Å². The second kappa shape index (κ2) is 4.38. The minimum Gasteiger partial charge on any atom is -0.366 e. The van der Waals surface area contributed by atoms with E-state index >= 15 is 0 Å². The van der Waals surface area contributed by atoms with E-state index in [0.717, 1.165) is 0 Å². The number of nitrogens with zero attached hydrogens (tertiary/aromatic N) is 1. The molecule has 0 heterocycles. The molecule has 1 aromatic carbocycles. The number of halogens is 1. The maximum absolute atomic E-state index is 13.4. The van der Waals surface area contributed by atoms with Crippen molar-refractivity contribution in [3.63, 3.8) is 0 Å². The van der Waals surface area contributed by atoms with Gasteiger partial charge in [0.2, 0.25) is 0 Å². The quantitative estimate of drug-likeness (QED) is 0.786. The molecule has 0 atom stereocenters. The largest absolute Gasteiger partial charge is 0.366 e. The highest BCUT2D eigenvalue weighted by molar-refractivity contribution is 5.93. The molecular formula is C10H9FN2O. The van der Waals surface area contributed by atoms with Gasteiger partial charge in [0, 0.05) is 6.42 Å². The molecule has 72 valence electrons. The number of carbonyl (C=O) groups excluding carboxylic acids is 1. The van der Waals surface area contributed by atoms with Crippen molar-refractivity contribution in [2.75, 3.05) is 0 Å². The highest BCUT2D eigenvalue weighted by Crippen LogP contribution is 2.13. The molecule has 0 radical (unpaired) electrons. The smallest absolute Gasteiger partial charge is 0.251 e. The van der Waals surface area contributed by atoms with Gasteiger partial charge in [0.25, 0.3) is 5.91 Å². The Kier molecular flexibility index (Phi) is 3.19. The van der Waals surface area contributed by atoms with Gasteiger partial charge in [0.1, 0.15) is 5.82 Å². The number of benzene rings is 1. The molecule has 0 saturated carbocycles. The second-order valence-electron chi connectivity index (χ2n) is 2.80. The number of carbonyl (C=O) groups is 1. The minimum absolute atomic E-state index is 0.125. The number of rotatable bonds is 3. The molecule has 1 aromatic rings. The summed E-state index contributed by atoms with van der Waals surface area (Å²) in [7, 11) is 0. The Bertz CT molecular complexity index is 396. The topological polar surface area (TPSA) is 66.9 Å². The number of hydrogen-bond donors (Lipinski definition) is 1. The van der Waals surface area contributed by atoms with Gasteiger partial charge in [-0.1, -0.05) is 12.1 Å². The molecular weight excluding hydrogens is 183 g/mol. The van der Waals surface area contributed by atoms with Crippen molar-refractivity contribution in [1.29, 1.82) is 5.26 Å². The average Bonchev–Trinajstić information content (AvgIpc) is 2.16. The molecule has 0 aromatic heterocycles. The fourth-order valence-corrected chi connectivity index (χ4v) is 1.15. The lowest BCUT2D eigenvalue weighted by Crippen LogP contribution is -2.14. The van der Waals surface area contributed by atoms with E-state index in [4.69, 9.17) is 11.0 Å². The van der Waals surface area contributed by atoms with Crippen LogP contribution in [0.3, 0.4) is 0 Å². The van der Waals surface area contributed by atoms with Crippen molar-refractivity contribution < 1.29 is 9.18 Å². The number of primary amides is 1. The van der Waals surface area contributed by atoms with Gasteiger partial charge in [-0.15, -0.1) is 0 Å². The van der Waals surface area contributed by atoms with Crippen LogP contribution in [0.15, 0.2) is 18.2 Å². The highest BCUT2D eigenvalue weighted by Gasteiger charge is 2.11. The van der Waals surface area contributed by atoms with Crippen LogP contribution in [-0.4, -0.2) is 5.91 Å². The van der Waals surface area contributed by atoms with E-state index in [1.807, 2.05) is 6.07 Å². The molecule has 4 heteroatoms. The monoisotopic (exact) mass is 192 g/mol.